The smallest absolute Gasteiger partial charge is 0.238 e. The maximum Gasteiger partial charge on any atom is 0.238 e. The molecule has 0 saturated heterocycles. The molecule has 2 aromatic rings. The maximum absolute atomic E-state index is 12.1. The summed E-state index contributed by atoms with van der Waals surface area (Å²) < 4.78 is 24.9. The summed E-state index contributed by atoms with van der Waals surface area (Å²) >= 11 is 1.28. The highest BCUT2D eigenvalue weighted by atomic mass is 32.2. The molecule has 1 heterocycles. The van der Waals surface area contributed by atoms with Crippen molar-refractivity contribution in [2.45, 2.75) is 29.9 Å². The number of primary sulfonamides is 1. The van der Waals surface area contributed by atoms with Gasteiger partial charge in [0, 0.05) is 20.1 Å². The Morgan fingerprint density at radius 3 is 2.80 bits per heavy atom. The van der Waals surface area contributed by atoms with Gasteiger partial charge in [0.1, 0.15) is 0 Å². The Bertz CT molecular complexity index is 931. The van der Waals surface area contributed by atoms with E-state index in [1.165, 1.54) is 28.8 Å². The first-order valence-corrected chi connectivity index (χ1v) is 10.1. The fourth-order valence-corrected chi connectivity index (χ4v) is 3.81. The second-order valence-corrected chi connectivity index (χ2v) is 7.85. The Labute approximate surface area is 150 Å². The van der Waals surface area contributed by atoms with E-state index in [4.69, 9.17) is 10.4 Å². The largest absolute Gasteiger partial charge is 0.344 e. The van der Waals surface area contributed by atoms with Crippen LogP contribution in [0.5, 0.6) is 0 Å². The monoisotopic (exact) mass is 381 g/mol. The third kappa shape index (κ3) is 4.50. The number of imidazole rings is 1. The second kappa shape index (κ2) is 7.86. The van der Waals surface area contributed by atoms with E-state index < -0.39 is 10.0 Å². The van der Waals surface area contributed by atoms with Crippen molar-refractivity contribution < 1.29 is 13.2 Å². The van der Waals surface area contributed by atoms with Gasteiger partial charge in [-0.2, -0.15) is 5.26 Å². The molecule has 0 fully saturated rings. The molecule has 0 radical (unpaired) electrons. The SMILES string of the molecule is CCn1c(SCC(=O)N(C)CCC#N)nc2cc(S(N)(=O)=O)ccc21. The van der Waals surface area contributed by atoms with Crippen LogP contribution in [0.15, 0.2) is 28.3 Å². The average Bonchev–Trinajstić information content (AvgIpc) is 2.93. The van der Waals surface area contributed by atoms with Crippen LogP contribution in [0.3, 0.4) is 0 Å². The van der Waals surface area contributed by atoms with Crippen LogP contribution in [0.4, 0.5) is 0 Å². The van der Waals surface area contributed by atoms with Gasteiger partial charge in [0.25, 0.3) is 0 Å². The van der Waals surface area contributed by atoms with Crippen LogP contribution in [-0.4, -0.2) is 48.1 Å². The van der Waals surface area contributed by atoms with Crippen molar-refractivity contribution in [2.75, 3.05) is 19.3 Å². The van der Waals surface area contributed by atoms with E-state index in [1.54, 1.807) is 13.1 Å². The van der Waals surface area contributed by atoms with Gasteiger partial charge in [0.15, 0.2) is 5.16 Å². The topological polar surface area (TPSA) is 122 Å². The van der Waals surface area contributed by atoms with Crippen LogP contribution < -0.4 is 5.14 Å². The molecule has 0 atom stereocenters. The summed E-state index contributed by atoms with van der Waals surface area (Å²) in [6.07, 6.45) is 0.288. The fourth-order valence-electron chi connectivity index (χ4n) is 2.26. The lowest BCUT2D eigenvalue weighted by Crippen LogP contribution is -2.29. The van der Waals surface area contributed by atoms with Gasteiger partial charge in [0.05, 0.1) is 34.2 Å². The zero-order valence-corrected chi connectivity index (χ0v) is 15.6. The standard InChI is InChI=1S/C15H19N5O3S2/c1-3-20-13-6-5-11(25(17,22)23)9-12(13)18-15(20)24-10-14(21)19(2)8-4-7-16/h5-6,9H,3-4,8,10H2,1-2H3,(H2,17,22,23). The first kappa shape index (κ1) is 19.2. The molecule has 0 saturated carbocycles. The number of hydrogen-bond acceptors (Lipinski definition) is 6. The van der Waals surface area contributed by atoms with Gasteiger partial charge in [-0.25, -0.2) is 18.5 Å². The van der Waals surface area contributed by atoms with Crippen molar-refractivity contribution in [2.24, 2.45) is 5.14 Å². The van der Waals surface area contributed by atoms with E-state index in [0.29, 0.717) is 23.8 Å². The third-order valence-corrected chi connectivity index (χ3v) is 5.51. The fraction of sp³-hybridized carbons (Fsp3) is 0.400. The number of amides is 1. The van der Waals surface area contributed by atoms with Crippen molar-refractivity contribution in [1.29, 1.82) is 5.26 Å². The molecule has 1 amide bonds. The van der Waals surface area contributed by atoms with E-state index in [1.807, 2.05) is 17.6 Å². The molecule has 0 spiro atoms. The minimum atomic E-state index is -3.79. The van der Waals surface area contributed by atoms with Crippen LogP contribution in [0, 0.1) is 11.3 Å². The number of rotatable bonds is 7. The lowest BCUT2D eigenvalue weighted by molar-refractivity contribution is -0.127. The zero-order valence-electron chi connectivity index (χ0n) is 14.0. The molecule has 2 N–H and O–H groups in total. The number of thioether (sulfide) groups is 1. The number of nitrogens with two attached hydrogens (primary N) is 1. The molecule has 25 heavy (non-hydrogen) atoms. The number of fused-ring (bicyclic) bond motifs is 1. The Hall–Kier alpha value is -2.09. The lowest BCUT2D eigenvalue weighted by Gasteiger charge is -2.15. The van der Waals surface area contributed by atoms with Crippen molar-refractivity contribution in [3.8, 4) is 6.07 Å². The van der Waals surface area contributed by atoms with Gasteiger partial charge >= 0.3 is 0 Å². The van der Waals surface area contributed by atoms with Crippen LogP contribution in [0.1, 0.15) is 13.3 Å². The molecule has 0 aliphatic carbocycles. The van der Waals surface area contributed by atoms with Gasteiger partial charge < -0.3 is 9.47 Å². The van der Waals surface area contributed by atoms with Crippen molar-refractivity contribution in [3.63, 3.8) is 0 Å². The molecular formula is C15H19N5O3S2. The van der Waals surface area contributed by atoms with Crippen LogP contribution in [0.2, 0.25) is 0 Å². The van der Waals surface area contributed by atoms with Gasteiger partial charge in [-0.1, -0.05) is 11.8 Å². The summed E-state index contributed by atoms with van der Waals surface area (Å²) in [5, 5.41) is 14.4. The second-order valence-electron chi connectivity index (χ2n) is 5.35. The molecule has 2 rings (SSSR count). The maximum atomic E-state index is 12.1. The number of hydrogen-bond donors (Lipinski definition) is 1. The molecule has 8 nitrogen and oxygen atoms in total. The Kier molecular flexibility index (Phi) is 6.05. The number of nitrogens with zero attached hydrogens (tertiary/aromatic N) is 4. The van der Waals surface area contributed by atoms with Gasteiger partial charge in [-0.15, -0.1) is 0 Å². The normalized spacial score (nSPS) is 11.4. The minimum Gasteiger partial charge on any atom is -0.344 e. The highest BCUT2D eigenvalue weighted by Crippen LogP contribution is 2.26. The third-order valence-electron chi connectivity index (χ3n) is 3.64. The molecule has 0 bridgehead atoms. The number of nitriles is 1. The highest BCUT2D eigenvalue weighted by molar-refractivity contribution is 7.99. The van der Waals surface area contributed by atoms with E-state index in [0.717, 1.165) is 5.52 Å². The number of aryl methyl sites for hydroxylation is 1. The first-order valence-electron chi connectivity index (χ1n) is 7.54. The summed E-state index contributed by atoms with van der Waals surface area (Å²) in [4.78, 5) is 18.0. The molecular weight excluding hydrogens is 362 g/mol. The van der Waals surface area contributed by atoms with Crippen LogP contribution in [0.25, 0.3) is 11.0 Å². The van der Waals surface area contributed by atoms with Crippen LogP contribution >= 0.6 is 11.8 Å². The predicted octanol–water partition coefficient (Wildman–Crippen LogP) is 1.17. The first-order chi connectivity index (χ1) is 11.8. The zero-order chi connectivity index (χ0) is 18.6. The van der Waals surface area contributed by atoms with E-state index in [9.17, 15) is 13.2 Å². The average molecular weight is 381 g/mol. The van der Waals surface area contributed by atoms with Crippen molar-refractivity contribution in [1.82, 2.24) is 14.5 Å². The summed E-state index contributed by atoms with van der Waals surface area (Å²) in [6, 6.07) is 6.54. The Morgan fingerprint density at radius 1 is 1.48 bits per heavy atom. The molecule has 0 unspecified atom stereocenters. The number of sulfonamides is 1. The number of carbonyl (C=O) groups is 1. The molecule has 0 aliphatic rings. The number of carbonyl (C=O) groups excluding carboxylic acids is 1. The van der Waals surface area contributed by atoms with Crippen molar-refractivity contribution in [3.05, 3.63) is 18.2 Å². The summed E-state index contributed by atoms with van der Waals surface area (Å²) in [5.74, 6) is 0.0907. The van der Waals surface area contributed by atoms with Gasteiger partial charge in [-0.3, -0.25) is 4.79 Å². The summed E-state index contributed by atoms with van der Waals surface area (Å²) in [7, 11) is -2.14. The Balaban J connectivity index is 2.23. The quantitative estimate of drug-likeness (QED) is 0.718. The lowest BCUT2D eigenvalue weighted by atomic mass is 10.3. The summed E-state index contributed by atoms with van der Waals surface area (Å²) in [6.45, 7) is 2.96. The van der Waals surface area contributed by atoms with E-state index in [2.05, 4.69) is 4.98 Å². The highest BCUT2D eigenvalue weighted by Gasteiger charge is 2.16. The predicted molar refractivity (Wildman–Crippen MR) is 95.4 cm³/mol. The van der Waals surface area contributed by atoms with Gasteiger partial charge in [0.2, 0.25) is 15.9 Å². The van der Waals surface area contributed by atoms with E-state index in [-0.39, 0.29) is 23.0 Å². The number of aromatic nitrogens is 2. The molecule has 0 aliphatic heterocycles. The number of benzene rings is 1. The molecule has 1 aromatic heterocycles. The van der Waals surface area contributed by atoms with Crippen molar-refractivity contribution >= 4 is 38.7 Å². The molecule has 10 heteroatoms. The van der Waals surface area contributed by atoms with E-state index >= 15 is 0 Å². The summed E-state index contributed by atoms with van der Waals surface area (Å²) in [5.41, 5.74) is 1.30. The molecule has 134 valence electrons. The molecule has 1 aromatic carbocycles. The van der Waals surface area contributed by atoms with Gasteiger partial charge in [-0.05, 0) is 25.1 Å². The van der Waals surface area contributed by atoms with Crippen LogP contribution in [-0.2, 0) is 21.4 Å². The minimum absolute atomic E-state index is 0.00427. The Morgan fingerprint density at radius 2 is 2.20 bits per heavy atom.